The summed E-state index contributed by atoms with van der Waals surface area (Å²) in [6, 6.07) is 22.7. The van der Waals surface area contributed by atoms with Gasteiger partial charge in [-0.15, -0.1) is 0 Å². The summed E-state index contributed by atoms with van der Waals surface area (Å²) < 4.78 is 6.31. The van der Waals surface area contributed by atoms with Gasteiger partial charge in [-0.3, -0.25) is 0 Å². The number of rotatable bonds is 7. The van der Waals surface area contributed by atoms with Crippen molar-refractivity contribution in [3.05, 3.63) is 89.0 Å². The molecular weight excluding hydrogens is 410 g/mol. The molecule has 5 heteroatoms. The third kappa shape index (κ3) is 3.82. The number of hydrogen-bond donors (Lipinski definition) is 0. The van der Waals surface area contributed by atoms with E-state index in [0.29, 0.717) is 5.56 Å². The fraction of sp³-hybridized carbons (Fsp3) is 0.321. The van der Waals surface area contributed by atoms with Crippen LogP contribution in [0.2, 0.25) is 0 Å². The first-order chi connectivity index (χ1) is 15.8. The van der Waals surface area contributed by atoms with Crippen LogP contribution in [-0.2, 0) is 10.6 Å². The molecule has 3 aromatic rings. The molecule has 0 saturated heterocycles. The number of fused-ring (bicyclic) bond motifs is 1. The van der Waals surface area contributed by atoms with Crippen LogP contribution in [0.1, 0.15) is 40.9 Å². The van der Waals surface area contributed by atoms with Gasteiger partial charge in [0.15, 0.2) is 0 Å². The van der Waals surface area contributed by atoms with Gasteiger partial charge in [0.2, 0.25) is 0 Å². The summed E-state index contributed by atoms with van der Waals surface area (Å²) in [7, 11) is 3.96. The Labute approximate surface area is 197 Å². The second kappa shape index (κ2) is 8.81. The largest absolute Gasteiger partial charge is 0.411 e. The molecule has 1 aliphatic heterocycles. The van der Waals surface area contributed by atoms with E-state index in [1.165, 1.54) is 11.1 Å². The van der Waals surface area contributed by atoms with E-state index in [1.807, 2.05) is 36.0 Å². The highest BCUT2D eigenvalue weighted by molar-refractivity contribution is 5.97. The molecule has 0 aliphatic carbocycles. The Bertz CT molecular complexity index is 1080. The van der Waals surface area contributed by atoms with Crippen LogP contribution >= 0.6 is 0 Å². The van der Waals surface area contributed by atoms with E-state index in [9.17, 15) is 4.79 Å². The summed E-state index contributed by atoms with van der Waals surface area (Å²) >= 11 is 0. The molecule has 1 aliphatic rings. The van der Waals surface area contributed by atoms with Crippen molar-refractivity contribution < 1.29 is 9.53 Å². The second-order valence-electron chi connectivity index (χ2n) is 8.69. The lowest BCUT2D eigenvalue weighted by molar-refractivity contribution is -0.00719. The van der Waals surface area contributed by atoms with Crippen molar-refractivity contribution in [3.8, 4) is 0 Å². The summed E-state index contributed by atoms with van der Waals surface area (Å²) in [6.07, 6.45) is 0. The van der Waals surface area contributed by atoms with E-state index in [1.54, 1.807) is 0 Å². The molecule has 0 saturated carbocycles. The number of carbonyl (C=O) groups excluding carboxylic acids is 1. The maximum Gasteiger partial charge on any atom is 0.342 e. The number of ether oxygens (including phenoxy) is 1. The molecule has 4 rings (SSSR count). The van der Waals surface area contributed by atoms with Crippen LogP contribution in [0.4, 0.5) is 17.1 Å². The minimum Gasteiger partial charge on any atom is -0.411 e. The SMILES string of the molecule is CCN(CC)c1ccc2c(c1)C(=O)OC2(N(C)c1ccc(C)cc1)N(C)c1ccc(C)cc1. The zero-order valence-electron chi connectivity index (χ0n) is 20.4. The lowest BCUT2D eigenvalue weighted by Crippen LogP contribution is -2.56. The first kappa shape index (κ1) is 22.7. The highest BCUT2D eigenvalue weighted by Gasteiger charge is 2.53. The average molecular weight is 444 g/mol. The number of benzene rings is 3. The van der Waals surface area contributed by atoms with Gasteiger partial charge < -0.3 is 19.4 Å². The number of aryl methyl sites for hydroxylation is 2. The van der Waals surface area contributed by atoms with E-state index in [0.717, 1.165) is 35.7 Å². The standard InChI is InChI=1S/C28H33N3O2/c1-7-31(8-2)24-17-18-26-25(19-24)27(32)33-28(26,29(5)22-13-9-20(3)10-14-22)30(6)23-15-11-21(4)12-16-23/h9-19H,7-8H2,1-6H3. The van der Waals surface area contributed by atoms with Gasteiger partial charge in [-0.2, -0.15) is 0 Å². The van der Waals surface area contributed by atoms with Crippen LogP contribution in [-0.4, -0.2) is 33.2 Å². The molecule has 0 N–H and O–H groups in total. The number of esters is 1. The summed E-state index contributed by atoms with van der Waals surface area (Å²) in [5, 5.41) is 0. The Morgan fingerprint density at radius 3 is 1.64 bits per heavy atom. The molecule has 3 aromatic carbocycles. The normalized spacial score (nSPS) is 13.9. The minimum atomic E-state index is -1.11. The van der Waals surface area contributed by atoms with Crippen LogP contribution in [0.25, 0.3) is 0 Å². The summed E-state index contributed by atoms with van der Waals surface area (Å²) in [5.74, 6) is -1.42. The van der Waals surface area contributed by atoms with Gasteiger partial charge in [0.05, 0.1) is 11.1 Å². The molecule has 0 aromatic heterocycles. The smallest absolute Gasteiger partial charge is 0.342 e. The molecule has 33 heavy (non-hydrogen) atoms. The van der Waals surface area contributed by atoms with Crippen molar-refractivity contribution in [2.45, 2.75) is 33.5 Å². The van der Waals surface area contributed by atoms with Gasteiger partial charge in [0, 0.05) is 44.2 Å². The Balaban J connectivity index is 1.90. The monoisotopic (exact) mass is 443 g/mol. The molecule has 172 valence electrons. The maximum absolute atomic E-state index is 13.3. The summed E-state index contributed by atoms with van der Waals surface area (Å²) in [5.41, 5.74) is 6.77. The maximum atomic E-state index is 13.3. The molecule has 0 radical (unpaired) electrons. The highest BCUT2D eigenvalue weighted by atomic mass is 16.6. The molecule has 0 spiro atoms. The van der Waals surface area contributed by atoms with Gasteiger partial charge in [-0.25, -0.2) is 4.79 Å². The van der Waals surface area contributed by atoms with E-state index in [2.05, 4.69) is 87.2 Å². The third-order valence-corrected chi connectivity index (χ3v) is 6.69. The molecule has 0 bridgehead atoms. The van der Waals surface area contributed by atoms with Crippen LogP contribution in [0.3, 0.4) is 0 Å². The minimum absolute atomic E-state index is 0.308. The van der Waals surface area contributed by atoms with E-state index in [4.69, 9.17) is 4.74 Å². The van der Waals surface area contributed by atoms with Gasteiger partial charge in [-0.05, 0) is 70.2 Å². The van der Waals surface area contributed by atoms with E-state index < -0.39 is 5.85 Å². The van der Waals surface area contributed by atoms with Gasteiger partial charge in [0.25, 0.3) is 5.85 Å². The summed E-state index contributed by atoms with van der Waals surface area (Å²) in [4.78, 5) is 19.7. The van der Waals surface area contributed by atoms with Crippen molar-refractivity contribution in [1.82, 2.24) is 0 Å². The van der Waals surface area contributed by atoms with Crippen molar-refractivity contribution in [2.75, 3.05) is 41.9 Å². The van der Waals surface area contributed by atoms with Crippen LogP contribution < -0.4 is 14.7 Å². The van der Waals surface area contributed by atoms with E-state index >= 15 is 0 Å². The van der Waals surface area contributed by atoms with Crippen LogP contribution in [0.5, 0.6) is 0 Å². The summed E-state index contributed by atoms with van der Waals surface area (Å²) in [6.45, 7) is 10.1. The van der Waals surface area contributed by atoms with Crippen molar-refractivity contribution in [1.29, 1.82) is 0 Å². The predicted molar refractivity (Wildman–Crippen MR) is 136 cm³/mol. The first-order valence-electron chi connectivity index (χ1n) is 11.6. The number of cyclic esters (lactones) is 1. The number of nitrogens with zero attached hydrogens (tertiary/aromatic N) is 3. The zero-order valence-corrected chi connectivity index (χ0v) is 20.4. The molecule has 5 nitrogen and oxygen atoms in total. The van der Waals surface area contributed by atoms with Crippen molar-refractivity contribution in [2.24, 2.45) is 0 Å². The van der Waals surface area contributed by atoms with Gasteiger partial charge in [0.1, 0.15) is 0 Å². The Morgan fingerprint density at radius 2 is 1.18 bits per heavy atom. The molecule has 0 fully saturated rings. The van der Waals surface area contributed by atoms with E-state index in [-0.39, 0.29) is 5.97 Å². The topological polar surface area (TPSA) is 36.0 Å². The van der Waals surface area contributed by atoms with Crippen LogP contribution in [0, 0.1) is 13.8 Å². The number of carbonyl (C=O) groups is 1. The number of anilines is 3. The zero-order chi connectivity index (χ0) is 23.8. The Kier molecular flexibility index (Phi) is 6.07. The quantitative estimate of drug-likeness (QED) is 0.346. The average Bonchev–Trinajstić information content (AvgIpc) is 3.13. The third-order valence-electron chi connectivity index (χ3n) is 6.69. The molecule has 0 atom stereocenters. The molecular formula is C28H33N3O2. The Hall–Kier alpha value is -3.47. The van der Waals surface area contributed by atoms with Crippen molar-refractivity contribution >= 4 is 23.0 Å². The lowest BCUT2D eigenvalue weighted by atomic mass is 10.0. The lowest BCUT2D eigenvalue weighted by Gasteiger charge is -2.46. The fourth-order valence-corrected chi connectivity index (χ4v) is 4.62. The number of hydrogen-bond acceptors (Lipinski definition) is 5. The molecule has 0 unspecified atom stereocenters. The van der Waals surface area contributed by atoms with Gasteiger partial charge in [-0.1, -0.05) is 35.4 Å². The van der Waals surface area contributed by atoms with Gasteiger partial charge >= 0.3 is 5.97 Å². The predicted octanol–water partition coefficient (Wildman–Crippen LogP) is 5.70. The molecule has 0 amide bonds. The van der Waals surface area contributed by atoms with Crippen LogP contribution in [0.15, 0.2) is 66.7 Å². The fourth-order valence-electron chi connectivity index (χ4n) is 4.62. The van der Waals surface area contributed by atoms with Crippen molar-refractivity contribution in [3.63, 3.8) is 0 Å². The Morgan fingerprint density at radius 1 is 0.727 bits per heavy atom. The molecule has 1 heterocycles. The highest BCUT2D eigenvalue weighted by Crippen LogP contribution is 2.45. The first-order valence-corrected chi connectivity index (χ1v) is 11.6. The second-order valence-corrected chi connectivity index (χ2v) is 8.69.